The first kappa shape index (κ1) is 23.8. The Kier molecular flexibility index (Phi) is 6.58. The molecule has 7 nitrogen and oxygen atoms in total. The van der Waals surface area contributed by atoms with Crippen LogP contribution in [0.2, 0.25) is 0 Å². The van der Waals surface area contributed by atoms with Crippen LogP contribution in [0.4, 0.5) is 0 Å². The van der Waals surface area contributed by atoms with E-state index in [2.05, 4.69) is 26.8 Å². The van der Waals surface area contributed by atoms with Crippen molar-refractivity contribution in [2.45, 2.75) is 69.5 Å². The van der Waals surface area contributed by atoms with Crippen molar-refractivity contribution in [3.8, 4) is 11.5 Å². The summed E-state index contributed by atoms with van der Waals surface area (Å²) in [6, 6.07) is 4.87. The van der Waals surface area contributed by atoms with Crippen molar-refractivity contribution in [2.75, 3.05) is 20.8 Å². The molecule has 1 aromatic carbocycles. The molecule has 0 radical (unpaired) electrons. The molecule has 3 fully saturated rings. The van der Waals surface area contributed by atoms with Gasteiger partial charge in [0.15, 0.2) is 11.5 Å². The fourth-order valence-electron chi connectivity index (χ4n) is 5.22. The molecular weight excluding hydrogens is 424 g/mol. The van der Waals surface area contributed by atoms with Gasteiger partial charge in [-0.1, -0.05) is 17.7 Å². The number of hydrogen-bond acceptors (Lipinski definition) is 7. The number of rotatable bonds is 8. The van der Waals surface area contributed by atoms with E-state index in [1.54, 1.807) is 25.3 Å². The van der Waals surface area contributed by atoms with Crippen LogP contribution >= 0.6 is 0 Å². The van der Waals surface area contributed by atoms with E-state index in [0.717, 1.165) is 18.4 Å². The van der Waals surface area contributed by atoms with E-state index in [-0.39, 0.29) is 41.2 Å². The van der Waals surface area contributed by atoms with Crippen molar-refractivity contribution in [1.82, 2.24) is 0 Å². The minimum Gasteiger partial charge on any atom is -0.504 e. The molecule has 0 aromatic heterocycles. The van der Waals surface area contributed by atoms with Crippen LogP contribution in [0.3, 0.4) is 0 Å². The molecule has 6 atom stereocenters. The average molecular weight is 459 g/mol. The highest BCUT2D eigenvalue weighted by Gasteiger charge is 2.72. The summed E-state index contributed by atoms with van der Waals surface area (Å²) in [5, 5.41) is 9.73. The van der Waals surface area contributed by atoms with Crippen molar-refractivity contribution < 1.29 is 33.6 Å². The standard InChI is InChI=1S/C26H34O7/c1-16(2)6-10-21-25(3,33-21)24-23(30-5)19(12-13-26(24)15-31-26)32-22(28)11-8-17-7-9-18(27)20(14-17)29-4/h6-9,11,14,19,21,23-24,27H,10,12-13,15H2,1-5H3/b11-8+/t19-,21+,23-,24-,25+,26+/m1/s1. The zero-order valence-corrected chi connectivity index (χ0v) is 20.0. The molecule has 1 aromatic rings. The average Bonchev–Trinajstić information content (AvgIpc) is 3.70. The topological polar surface area (TPSA) is 90.1 Å². The summed E-state index contributed by atoms with van der Waals surface area (Å²) in [5.74, 6) is -0.0654. The van der Waals surface area contributed by atoms with Crippen LogP contribution in [0.1, 0.15) is 45.6 Å². The van der Waals surface area contributed by atoms with Crippen molar-refractivity contribution in [3.63, 3.8) is 0 Å². The van der Waals surface area contributed by atoms with Gasteiger partial charge in [0.05, 0.1) is 25.7 Å². The van der Waals surface area contributed by atoms with Gasteiger partial charge in [-0.15, -0.1) is 0 Å². The van der Waals surface area contributed by atoms with Gasteiger partial charge in [0, 0.05) is 13.2 Å². The van der Waals surface area contributed by atoms with Crippen molar-refractivity contribution in [3.05, 3.63) is 41.5 Å². The molecule has 2 aliphatic heterocycles. The number of esters is 1. The largest absolute Gasteiger partial charge is 0.504 e. The van der Waals surface area contributed by atoms with E-state index in [1.165, 1.54) is 24.8 Å². The smallest absolute Gasteiger partial charge is 0.331 e. The summed E-state index contributed by atoms with van der Waals surface area (Å²) < 4.78 is 29.0. The van der Waals surface area contributed by atoms with E-state index >= 15 is 0 Å². The predicted molar refractivity (Wildman–Crippen MR) is 123 cm³/mol. The zero-order valence-electron chi connectivity index (χ0n) is 20.0. The molecule has 1 saturated carbocycles. The number of methoxy groups -OCH3 is 2. The van der Waals surface area contributed by atoms with Crippen LogP contribution in [0.25, 0.3) is 6.08 Å². The van der Waals surface area contributed by atoms with Crippen LogP contribution in [-0.2, 0) is 23.7 Å². The summed E-state index contributed by atoms with van der Waals surface area (Å²) in [5.41, 5.74) is 1.36. The number of phenolic OH excluding ortho intramolecular Hbond substituents is 1. The molecule has 7 heteroatoms. The first-order valence-electron chi connectivity index (χ1n) is 11.5. The third-order valence-corrected chi connectivity index (χ3v) is 7.12. The first-order valence-corrected chi connectivity index (χ1v) is 11.5. The van der Waals surface area contributed by atoms with Crippen LogP contribution < -0.4 is 4.74 Å². The number of hydrogen-bond donors (Lipinski definition) is 1. The highest BCUT2D eigenvalue weighted by molar-refractivity contribution is 5.87. The summed E-state index contributed by atoms with van der Waals surface area (Å²) in [6.45, 7) is 6.98. The molecule has 2 saturated heterocycles. The van der Waals surface area contributed by atoms with Gasteiger partial charge >= 0.3 is 5.97 Å². The van der Waals surface area contributed by atoms with E-state index in [9.17, 15) is 9.90 Å². The Morgan fingerprint density at radius 2 is 2.06 bits per heavy atom. The molecule has 1 N–H and O–H groups in total. The lowest BCUT2D eigenvalue weighted by Gasteiger charge is -2.42. The number of phenols is 1. The molecule has 33 heavy (non-hydrogen) atoms. The van der Waals surface area contributed by atoms with Gasteiger partial charge in [-0.2, -0.15) is 0 Å². The molecular formula is C26H34O7. The van der Waals surface area contributed by atoms with Crippen molar-refractivity contribution in [2.24, 2.45) is 5.92 Å². The molecule has 2 heterocycles. The quantitative estimate of drug-likeness (QED) is 0.272. The second kappa shape index (κ2) is 9.12. The monoisotopic (exact) mass is 458 g/mol. The highest BCUT2D eigenvalue weighted by Crippen LogP contribution is 2.59. The fourth-order valence-corrected chi connectivity index (χ4v) is 5.22. The number of aromatic hydroxyl groups is 1. The van der Waals surface area contributed by atoms with E-state index in [1.807, 2.05) is 0 Å². The predicted octanol–water partition coefficient (Wildman–Crippen LogP) is 4.03. The van der Waals surface area contributed by atoms with Gasteiger partial charge in [-0.05, 0) is 63.8 Å². The van der Waals surface area contributed by atoms with Gasteiger partial charge < -0.3 is 28.8 Å². The Bertz CT molecular complexity index is 944. The Balaban J connectivity index is 1.45. The molecule has 1 spiro atoms. The first-order chi connectivity index (χ1) is 15.7. The minimum atomic E-state index is -0.441. The number of benzene rings is 1. The second-order valence-electron chi connectivity index (χ2n) is 9.62. The SMILES string of the molecule is COc1cc(/C=C/C(=O)O[C@@H]2CC[C@]3(CO3)[C@@H]([C@@]3(C)O[C@H]3CC=C(C)C)[C@@H]2OC)ccc1O. The van der Waals surface area contributed by atoms with E-state index in [0.29, 0.717) is 18.8 Å². The maximum absolute atomic E-state index is 12.6. The third-order valence-electron chi connectivity index (χ3n) is 7.12. The van der Waals surface area contributed by atoms with E-state index in [4.69, 9.17) is 23.7 Å². The number of allylic oxidation sites excluding steroid dienone is 1. The molecule has 180 valence electrons. The van der Waals surface area contributed by atoms with Gasteiger partial charge in [0.2, 0.25) is 0 Å². The Morgan fingerprint density at radius 3 is 2.70 bits per heavy atom. The lowest BCUT2D eigenvalue weighted by atomic mass is 9.68. The Labute approximate surface area is 195 Å². The van der Waals surface area contributed by atoms with Crippen molar-refractivity contribution >= 4 is 12.0 Å². The molecule has 0 amide bonds. The fraction of sp³-hybridized carbons (Fsp3) is 0.577. The number of ether oxygens (including phenoxy) is 5. The molecule has 0 unspecified atom stereocenters. The number of epoxide rings is 2. The maximum Gasteiger partial charge on any atom is 0.331 e. The number of carbonyl (C=O) groups is 1. The summed E-state index contributed by atoms with van der Waals surface area (Å²) in [6.07, 6.45) is 6.97. The lowest BCUT2D eigenvalue weighted by Crippen LogP contribution is -2.55. The second-order valence-corrected chi connectivity index (χ2v) is 9.62. The minimum absolute atomic E-state index is 0.0116. The summed E-state index contributed by atoms with van der Waals surface area (Å²) in [4.78, 5) is 12.6. The van der Waals surface area contributed by atoms with Gasteiger partial charge in [0.1, 0.15) is 23.4 Å². The van der Waals surface area contributed by atoms with Crippen LogP contribution in [0.15, 0.2) is 35.9 Å². The van der Waals surface area contributed by atoms with Crippen LogP contribution in [-0.4, -0.2) is 61.4 Å². The van der Waals surface area contributed by atoms with E-state index < -0.39 is 5.97 Å². The normalized spacial score (nSPS) is 34.8. The molecule has 0 bridgehead atoms. The van der Waals surface area contributed by atoms with Crippen LogP contribution in [0.5, 0.6) is 11.5 Å². The Hall–Kier alpha value is -2.35. The Morgan fingerprint density at radius 1 is 1.30 bits per heavy atom. The molecule has 4 rings (SSSR count). The van der Waals surface area contributed by atoms with Gasteiger partial charge in [0.25, 0.3) is 0 Å². The lowest BCUT2D eigenvalue weighted by molar-refractivity contribution is -0.166. The summed E-state index contributed by atoms with van der Waals surface area (Å²) in [7, 11) is 3.14. The summed E-state index contributed by atoms with van der Waals surface area (Å²) >= 11 is 0. The number of carbonyl (C=O) groups excluding carboxylic acids is 1. The maximum atomic E-state index is 12.6. The van der Waals surface area contributed by atoms with Crippen molar-refractivity contribution in [1.29, 1.82) is 0 Å². The van der Waals surface area contributed by atoms with Crippen LogP contribution in [0, 0.1) is 5.92 Å². The molecule has 1 aliphatic carbocycles. The van der Waals surface area contributed by atoms with Gasteiger partial charge in [-0.25, -0.2) is 4.79 Å². The molecule has 3 aliphatic rings. The van der Waals surface area contributed by atoms with Gasteiger partial charge in [-0.3, -0.25) is 0 Å². The third kappa shape index (κ3) is 4.81. The zero-order chi connectivity index (χ0) is 23.8. The highest BCUT2D eigenvalue weighted by atomic mass is 16.6.